The molecule has 12 unspecified atom stereocenters. The minimum Gasteiger partial charge on any atom is -0.394 e. The first-order valence-corrected chi connectivity index (χ1v) is 13.1. The number of ketones is 1. The zero-order valence-electron chi connectivity index (χ0n) is 21.0. The van der Waals surface area contributed by atoms with Gasteiger partial charge >= 0.3 is 0 Å². The van der Waals surface area contributed by atoms with Crippen LogP contribution in [0.5, 0.6) is 0 Å². The van der Waals surface area contributed by atoms with Gasteiger partial charge in [0.05, 0.1) is 18.8 Å². The number of ether oxygens (including phenoxy) is 2. The maximum absolute atomic E-state index is 12.9. The molecule has 1 heterocycles. The molecular weight excluding hydrogens is 456 g/mol. The summed E-state index contributed by atoms with van der Waals surface area (Å²) in [4.78, 5) is 12.9. The molecule has 0 amide bonds. The molecule has 5 aliphatic rings. The monoisotopic (exact) mass is 498 g/mol. The Labute approximate surface area is 206 Å². The number of hydrogen-bond donors (Lipinski definition) is 6. The molecular formula is C26H42O9. The molecule has 6 N–H and O–H groups in total. The first kappa shape index (κ1) is 26.0. The average molecular weight is 499 g/mol. The van der Waals surface area contributed by atoms with E-state index >= 15 is 0 Å². The van der Waals surface area contributed by atoms with Crippen molar-refractivity contribution >= 4 is 5.78 Å². The van der Waals surface area contributed by atoms with Crippen LogP contribution in [0.15, 0.2) is 0 Å². The highest BCUT2D eigenvalue weighted by atomic mass is 16.7. The Hall–Kier alpha value is -0.650. The number of hydrogen-bond acceptors (Lipinski definition) is 9. The molecule has 200 valence electrons. The fourth-order valence-corrected chi connectivity index (χ4v) is 9.36. The molecule has 1 saturated heterocycles. The Morgan fingerprint density at radius 1 is 1.00 bits per heavy atom. The molecule has 9 nitrogen and oxygen atoms in total. The van der Waals surface area contributed by atoms with Gasteiger partial charge in [-0.15, -0.1) is 0 Å². The Bertz CT molecular complexity index is 847. The van der Waals surface area contributed by atoms with Gasteiger partial charge in [0.2, 0.25) is 0 Å². The van der Waals surface area contributed by atoms with Crippen LogP contribution in [0.1, 0.15) is 65.7 Å². The SMILES string of the molecule is CC1(C)C(O)C(=O)CC2(C)C3CCC4CC3(CCC12)CC4(O)COC1OC(CO)C(O)C(O)C1O. The largest absolute Gasteiger partial charge is 0.394 e. The van der Waals surface area contributed by atoms with Crippen molar-refractivity contribution in [2.75, 3.05) is 13.2 Å². The van der Waals surface area contributed by atoms with Crippen LogP contribution < -0.4 is 0 Å². The van der Waals surface area contributed by atoms with Crippen LogP contribution >= 0.6 is 0 Å². The van der Waals surface area contributed by atoms with Gasteiger partial charge in [-0.3, -0.25) is 4.79 Å². The van der Waals surface area contributed by atoms with Gasteiger partial charge in [0, 0.05) is 11.8 Å². The van der Waals surface area contributed by atoms with Crippen molar-refractivity contribution in [1.82, 2.24) is 0 Å². The van der Waals surface area contributed by atoms with E-state index in [0.717, 1.165) is 32.1 Å². The van der Waals surface area contributed by atoms with Crippen LogP contribution in [0.3, 0.4) is 0 Å². The fraction of sp³-hybridized carbons (Fsp3) is 0.962. The third-order valence-electron chi connectivity index (χ3n) is 10.9. The van der Waals surface area contributed by atoms with Gasteiger partial charge in [-0.1, -0.05) is 20.8 Å². The van der Waals surface area contributed by atoms with Crippen molar-refractivity contribution in [3.63, 3.8) is 0 Å². The summed E-state index contributed by atoms with van der Waals surface area (Å²) in [7, 11) is 0. The number of rotatable bonds is 4. The Balaban J connectivity index is 1.34. The molecule has 35 heavy (non-hydrogen) atoms. The number of fused-ring (bicyclic) bond motifs is 3. The van der Waals surface area contributed by atoms with Gasteiger partial charge in [0.15, 0.2) is 12.1 Å². The van der Waals surface area contributed by atoms with E-state index in [0.29, 0.717) is 12.8 Å². The lowest BCUT2D eigenvalue weighted by molar-refractivity contribution is -0.310. The van der Waals surface area contributed by atoms with Gasteiger partial charge in [-0.25, -0.2) is 0 Å². The predicted molar refractivity (Wildman–Crippen MR) is 123 cm³/mol. The van der Waals surface area contributed by atoms with Crippen molar-refractivity contribution < 1.29 is 44.9 Å². The number of aliphatic hydroxyl groups excluding tert-OH is 5. The van der Waals surface area contributed by atoms with Gasteiger partial charge < -0.3 is 40.1 Å². The smallest absolute Gasteiger partial charge is 0.186 e. The van der Waals surface area contributed by atoms with Crippen LogP contribution in [0.2, 0.25) is 0 Å². The van der Waals surface area contributed by atoms with Crippen molar-refractivity contribution in [3.8, 4) is 0 Å². The lowest BCUT2D eigenvalue weighted by Gasteiger charge is -2.64. The highest BCUT2D eigenvalue weighted by Crippen LogP contribution is 2.72. The van der Waals surface area contributed by atoms with Crippen LogP contribution in [0.25, 0.3) is 0 Å². The van der Waals surface area contributed by atoms with E-state index in [1.807, 2.05) is 13.8 Å². The molecule has 0 aromatic rings. The van der Waals surface area contributed by atoms with Gasteiger partial charge in [-0.2, -0.15) is 0 Å². The van der Waals surface area contributed by atoms with Crippen LogP contribution in [0.4, 0.5) is 0 Å². The van der Waals surface area contributed by atoms with Gasteiger partial charge in [0.25, 0.3) is 0 Å². The molecule has 5 fully saturated rings. The molecule has 9 heteroatoms. The van der Waals surface area contributed by atoms with E-state index in [2.05, 4.69) is 6.92 Å². The lowest BCUT2D eigenvalue weighted by atomic mass is 9.40. The zero-order chi connectivity index (χ0) is 25.6. The molecule has 2 bridgehead atoms. The Morgan fingerprint density at radius 3 is 2.40 bits per heavy atom. The topological polar surface area (TPSA) is 157 Å². The number of carbonyl (C=O) groups excluding carboxylic acids is 1. The summed E-state index contributed by atoms with van der Waals surface area (Å²) in [5.74, 6) is 0.435. The maximum atomic E-state index is 12.9. The summed E-state index contributed by atoms with van der Waals surface area (Å²) in [5.41, 5.74) is -1.96. The average Bonchev–Trinajstić information content (AvgIpc) is 3.00. The Kier molecular flexibility index (Phi) is 6.26. The highest BCUT2D eigenvalue weighted by Gasteiger charge is 2.69. The molecule has 1 aliphatic heterocycles. The van der Waals surface area contributed by atoms with E-state index in [1.165, 1.54) is 0 Å². The second-order valence-corrected chi connectivity index (χ2v) is 13.1. The van der Waals surface area contributed by atoms with E-state index in [-0.39, 0.29) is 41.0 Å². The summed E-state index contributed by atoms with van der Waals surface area (Å²) >= 11 is 0. The molecule has 0 radical (unpaired) electrons. The van der Waals surface area contributed by atoms with Gasteiger partial charge in [0.1, 0.15) is 30.5 Å². The van der Waals surface area contributed by atoms with Crippen LogP contribution in [0, 0.1) is 34.0 Å². The molecule has 5 rings (SSSR count). The highest BCUT2D eigenvalue weighted by molar-refractivity contribution is 5.85. The maximum Gasteiger partial charge on any atom is 0.186 e. The third kappa shape index (κ3) is 3.68. The standard InChI is InChI=1S/C26H42O9/c1-23(2)16-6-7-25-8-13(4-5-17(25)24(16,3)9-14(28)21(23)32)26(33,11-25)12-34-22-20(31)19(30)18(29)15(10-27)35-22/h13,15-22,27,29-33H,4-12H2,1-3H3. The van der Waals surface area contributed by atoms with Crippen molar-refractivity contribution in [3.05, 3.63) is 0 Å². The predicted octanol–water partition coefficient (Wildman–Crippen LogP) is 0.117. The lowest BCUT2D eigenvalue weighted by Crippen LogP contribution is -2.62. The number of aliphatic hydroxyl groups is 6. The van der Waals surface area contributed by atoms with E-state index in [9.17, 15) is 35.4 Å². The molecule has 12 atom stereocenters. The first-order chi connectivity index (χ1) is 16.3. The quantitative estimate of drug-likeness (QED) is 0.317. The summed E-state index contributed by atoms with van der Waals surface area (Å²) < 4.78 is 11.3. The summed E-state index contributed by atoms with van der Waals surface area (Å²) in [6.07, 6.45) is -2.42. The molecule has 1 spiro atoms. The zero-order valence-corrected chi connectivity index (χ0v) is 21.0. The number of Topliss-reactive ketones (excluding diaryl/α,β-unsaturated/α-hetero) is 1. The second kappa shape index (κ2) is 8.43. The fourth-order valence-electron chi connectivity index (χ4n) is 9.36. The summed E-state index contributed by atoms with van der Waals surface area (Å²) in [6.45, 7) is 5.63. The molecule has 4 aliphatic carbocycles. The Morgan fingerprint density at radius 2 is 1.71 bits per heavy atom. The number of carbonyl (C=O) groups is 1. The molecule has 4 saturated carbocycles. The molecule has 0 aromatic carbocycles. The van der Waals surface area contributed by atoms with Gasteiger partial charge in [-0.05, 0) is 67.1 Å². The van der Waals surface area contributed by atoms with Crippen molar-refractivity contribution in [1.29, 1.82) is 0 Å². The minimum absolute atomic E-state index is 0.0154. The van der Waals surface area contributed by atoms with Crippen molar-refractivity contribution in [2.45, 2.75) is 108 Å². The summed E-state index contributed by atoms with van der Waals surface area (Å²) in [6, 6.07) is 0. The first-order valence-electron chi connectivity index (χ1n) is 13.1. The summed E-state index contributed by atoms with van der Waals surface area (Å²) in [5, 5.41) is 62.3. The van der Waals surface area contributed by atoms with Crippen LogP contribution in [-0.2, 0) is 14.3 Å². The van der Waals surface area contributed by atoms with E-state index in [4.69, 9.17) is 9.47 Å². The molecule has 0 aromatic heterocycles. The second-order valence-electron chi connectivity index (χ2n) is 13.1. The third-order valence-corrected chi connectivity index (χ3v) is 10.9. The van der Waals surface area contributed by atoms with E-state index in [1.54, 1.807) is 0 Å². The van der Waals surface area contributed by atoms with Crippen molar-refractivity contribution in [2.24, 2.45) is 34.0 Å². The minimum atomic E-state index is -1.52. The van der Waals surface area contributed by atoms with E-state index < -0.39 is 54.4 Å². The normalized spacial score (nSPS) is 55.3. The van der Waals surface area contributed by atoms with Crippen LogP contribution in [-0.4, -0.2) is 92.0 Å².